The van der Waals surface area contributed by atoms with Crippen LogP contribution in [-0.2, 0) is 14.4 Å². The van der Waals surface area contributed by atoms with E-state index >= 15 is 0 Å². The van der Waals surface area contributed by atoms with E-state index in [1.807, 2.05) is 0 Å². The molecule has 0 aromatic heterocycles. The summed E-state index contributed by atoms with van der Waals surface area (Å²) < 4.78 is 0. The maximum atomic E-state index is 12.5. The lowest BCUT2D eigenvalue weighted by atomic mass is 10.1. The van der Waals surface area contributed by atoms with Gasteiger partial charge < -0.3 is 5.11 Å². The van der Waals surface area contributed by atoms with Gasteiger partial charge in [0.25, 0.3) is 0 Å². The van der Waals surface area contributed by atoms with Crippen LogP contribution in [0.5, 0.6) is 0 Å². The Labute approximate surface area is 115 Å². The first-order valence-corrected chi connectivity index (χ1v) is 10.4. The Kier molecular flexibility index (Phi) is 5.28. The van der Waals surface area contributed by atoms with E-state index in [-0.39, 0.29) is 23.8 Å². The Balaban J connectivity index is 3.02. The predicted octanol–water partition coefficient (Wildman–Crippen LogP) is 2.10. The van der Waals surface area contributed by atoms with Crippen molar-refractivity contribution in [3.63, 3.8) is 0 Å². The van der Waals surface area contributed by atoms with Crippen LogP contribution in [-0.4, -0.2) is 42.4 Å². The highest BCUT2D eigenvalue weighted by Crippen LogP contribution is 2.31. The molecule has 6 heteroatoms. The van der Waals surface area contributed by atoms with Crippen LogP contribution in [0.2, 0.25) is 25.2 Å². The minimum absolute atomic E-state index is 0.158. The average molecular weight is 285 g/mol. The second kappa shape index (κ2) is 6.32. The third-order valence-corrected chi connectivity index (χ3v) is 6.21. The minimum Gasteiger partial charge on any atom is -0.480 e. The van der Waals surface area contributed by atoms with Crippen LogP contribution < -0.4 is 0 Å². The van der Waals surface area contributed by atoms with Crippen molar-refractivity contribution in [3.8, 4) is 0 Å². The topological polar surface area (TPSA) is 74.7 Å². The lowest BCUT2D eigenvalue weighted by Crippen LogP contribution is -2.47. The second-order valence-electron chi connectivity index (χ2n) is 6.23. The zero-order chi connectivity index (χ0) is 14.6. The Morgan fingerprint density at radius 3 is 2.42 bits per heavy atom. The molecule has 0 saturated carbocycles. The lowest BCUT2D eigenvalue weighted by Gasteiger charge is -2.31. The van der Waals surface area contributed by atoms with Gasteiger partial charge in [-0.1, -0.05) is 32.5 Å². The van der Waals surface area contributed by atoms with Gasteiger partial charge >= 0.3 is 5.97 Å². The summed E-state index contributed by atoms with van der Waals surface area (Å²) in [6.07, 6.45) is 3.66. The van der Waals surface area contributed by atoms with Crippen molar-refractivity contribution in [1.82, 2.24) is 4.90 Å². The Hall–Kier alpha value is -1.17. The summed E-state index contributed by atoms with van der Waals surface area (Å²) in [7, 11) is -1.76. The Morgan fingerprint density at radius 2 is 1.89 bits per heavy atom. The monoisotopic (exact) mass is 285 g/mol. The number of aliphatic carboxylic acids is 1. The summed E-state index contributed by atoms with van der Waals surface area (Å²) >= 11 is 0. The zero-order valence-corrected chi connectivity index (χ0v) is 12.9. The maximum Gasteiger partial charge on any atom is 0.323 e. The molecule has 0 aromatic carbocycles. The number of imide groups is 1. The molecular weight excluding hydrogens is 262 g/mol. The third-order valence-electron chi connectivity index (χ3n) is 3.59. The molecule has 1 atom stereocenters. The van der Waals surface area contributed by atoms with Gasteiger partial charge in [-0.25, -0.2) is 0 Å². The molecule has 0 radical (unpaired) electrons. The van der Waals surface area contributed by atoms with Crippen molar-refractivity contribution in [2.45, 2.75) is 57.3 Å². The summed E-state index contributed by atoms with van der Waals surface area (Å²) in [5.41, 5.74) is -0.158. The fourth-order valence-electron chi connectivity index (χ4n) is 2.48. The van der Waals surface area contributed by atoms with Gasteiger partial charge in [-0.3, -0.25) is 19.3 Å². The SMILES string of the molecule is C[Si](C)(C)C1CCCCCC(=O)N(CC(=O)O)C1=O. The van der Waals surface area contributed by atoms with E-state index in [1.165, 1.54) is 0 Å². The molecule has 1 N–H and O–H groups in total. The first-order chi connectivity index (χ1) is 8.73. The molecule has 1 aliphatic heterocycles. The summed E-state index contributed by atoms with van der Waals surface area (Å²) in [6, 6.07) is 0. The average Bonchev–Trinajstić information content (AvgIpc) is 2.32. The van der Waals surface area contributed by atoms with Gasteiger partial charge in [-0.05, 0) is 12.8 Å². The standard InChI is InChI=1S/C13H23NO4Si/c1-19(2,3)10-7-5-4-6-8-11(15)14(13(10)18)9-12(16)17/h10H,4-9H2,1-3H3,(H,16,17). The smallest absolute Gasteiger partial charge is 0.323 e. The van der Waals surface area contributed by atoms with Gasteiger partial charge in [0.05, 0.1) is 8.07 Å². The van der Waals surface area contributed by atoms with E-state index in [2.05, 4.69) is 19.6 Å². The molecule has 0 bridgehead atoms. The number of rotatable bonds is 3. The fourth-order valence-corrected chi connectivity index (χ4v) is 4.44. The molecule has 5 nitrogen and oxygen atoms in total. The molecule has 108 valence electrons. The zero-order valence-electron chi connectivity index (χ0n) is 11.9. The van der Waals surface area contributed by atoms with Gasteiger partial charge in [-0.15, -0.1) is 0 Å². The van der Waals surface area contributed by atoms with E-state index < -0.39 is 20.6 Å². The lowest BCUT2D eigenvalue weighted by molar-refractivity contribution is -0.152. The number of carbonyl (C=O) groups excluding carboxylic acids is 2. The van der Waals surface area contributed by atoms with Crippen LogP contribution in [0.25, 0.3) is 0 Å². The van der Waals surface area contributed by atoms with Crippen molar-refractivity contribution in [1.29, 1.82) is 0 Å². The van der Waals surface area contributed by atoms with Crippen LogP contribution in [0.3, 0.4) is 0 Å². The number of nitrogens with zero attached hydrogens (tertiary/aromatic N) is 1. The Bertz CT molecular complexity index is 375. The first-order valence-electron chi connectivity index (χ1n) is 6.79. The number of hydrogen-bond donors (Lipinski definition) is 1. The van der Waals surface area contributed by atoms with Crippen molar-refractivity contribution in [3.05, 3.63) is 0 Å². The molecule has 19 heavy (non-hydrogen) atoms. The van der Waals surface area contributed by atoms with Gasteiger partial charge in [0, 0.05) is 12.0 Å². The number of amides is 2. The van der Waals surface area contributed by atoms with Crippen LogP contribution in [0.4, 0.5) is 0 Å². The summed E-state index contributed by atoms with van der Waals surface area (Å²) in [5.74, 6) is -1.73. The predicted molar refractivity (Wildman–Crippen MR) is 74.5 cm³/mol. The molecule has 1 aliphatic rings. The number of carboxylic acids is 1. The van der Waals surface area contributed by atoms with Gasteiger partial charge in [0.1, 0.15) is 6.54 Å². The number of carboxylic acid groups (broad SMARTS) is 1. The fraction of sp³-hybridized carbons (Fsp3) is 0.769. The third kappa shape index (κ3) is 4.45. The highest BCUT2D eigenvalue weighted by atomic mass is 28.3. The van der Waals surface area contributed by atoms with Crippen LogP contribution in [0.15, 0.2) is 0 Å². The number of hydrogen-bond acceptors (Lipinski definition) is 3. The van der Waals surface area contributed by atoms with Gasteiger partial charge in [0.2, 0.25) is 11.8 Å². The first kappa shape index (κ1) is 15.9. The van der Waals surface area contributed by atoms with E-state index in [0.717, 1.165) is 30.6 Å². The van der Waals surface area contributed by atoms with Gasteiger partial charge in [-0.2, -0.15) is 0 Å². The number of carbonyl (C=O) groups is 3. The van der Waals surface area contributed by atoms with E-state index in [9.17, 15) is 14.4 Å². The van der Waals surface area contributed by atoms with Crippen LogP contribution in [0.1, 0.15) is 32.1 Å². The molecule has 0 aliphatic carbocycles. The second-order valence-corrected chi connectivity index (χ2v) is 11.7. The molecule has 1 rings (SSSR count). The van der Waals surface area contributed by atoms with E-state index in [0.29, 0.717) is 0 Å². The molecule has 1 heterocycles. The molecular formula is C13H23NO4Si. The van der Waals surface area contributed by atoms with Crippen molar-refractivity contribution in [2.75, 3.05) is 6.54 Å². The largest absolute Gasteiger partial charge is 0.480 e. The minimum atomic E-state index is -1.76. The molecule has 1 fully saturated rings. The van der Waals surface area contributed by atoms with Crippen LogP contribution in [0, 0.1) is 0 Å². The summed E-state index contributed by atoms with van der Waals surface area (Å²) in [6.45, 7) is 5.78. The van der Waals surface area contributed by atoms with E-state index in [4.69, 9.17) is 5.11 Å². The quantitative estimate of drug-likeness (QED) is 0.636. The molecule has 0 aromatic rings. The summed E-state index contributed by atoms with van der Waals surface area (Å²) in [5, 5.41) is 8.89. The molecule has 0 spiro atoms. The molecule has 2 amide bonds. The molecule has 1 saturated heterocycles. The van der Waals surface area contributed by atoms with E-state index in [1.54, 1.807) is 0 Å². The van der Waals surface area contributed by atoms with Crippen molar-refractivity contribution < 1.29 is 19.5 Å². The maximum absolute atomic E-state index is 12.5. The Morgan fingerprint density at radius 1 is 1.26 bits per heavy atom. The van der Waals surface area contributed by atoms with Gasteiger partial charge in [0.15, 0.2) is 0 Å². The normalized spacial score (nSPS) is 22.7. The summed E-state index contributed by atoms with van der Waals surface area (Å²) in [4.78, 5) is 36.3. The van der Waals surface area contributed by atoms with Crippen molar-refractivity contribution in [2.24, 2.45) is 0 Å². The highest BCUT2D eigenvalue weighted by Gasteiger charge is 2.38. The van der Waals surface area contributed by atoms with Crippen molar-refractivity contribution >= 4 is 25.9 Å². The highest BCUT2D eigenvalue weighted by molar-refractivity contribution is 6.80. The molecule has 1 unspecified atom stereocenters. The van der Waals surface area contributed by atoms with Crippen LogP contribution >= 0.6 is 0 Å².